The normalized spacial score (nSPS) is 21.0. The molecule has 0 unspecified atom stereocenters. The highest BCUT2D eigenvalue weighted by atomic mass is 16.5. The predicted octanol–water partition coefficient (Wildman–Crippen LogP) is 3.25. The molecule has 124 valence electrons. The minimum absolute atomic E-state index is 0.188. The number of carbonyl (C=O) groups excluding carboxylic acids is 1. The quantitative estimate of drug-likeness (QED) is 0.771. The van der Waals surface area contributed by atoms with Crippen LogP contribution < -0.4 is 5.32 Å². The Morgan fingerprint density at radius 3 is 2.79 bits per heavy atom. The molecule has 0 atom stereocenters. The fraction of sp³-hybridized carbons (Fsp3) is 0.389. The summed E-state index contributed by atoms with van der Waals surface area (Å²) in [6, 6.07) is 9.73. The van der Waals surface area contributed by atoms with Crippen LogP contribution in [0.15, 0.2) is 41.1 Å². The second-order valence-corrected chi connectivity index (χ2v) is 6.44. The van der Waals surface area contributed by atoms with Crippen LogP contribution in [0.2, 0.25) is 0 Å². The maximum Gasteiger partial charge on any atom is 0.289 e. The second kappa shape index (κ2) is 6.47. The van der Waals surface area contributed by atoms with Crippen molar-refractivity contribution in [2.24, 2.45) is 5.92 Å². The first-order chi connectivity index (χ1) is 11.8. The number of amides is 1. The van der Waals surface area contributed by atoms with E-state index in [0.29, 0.717) is 18.4 Å². The molecule has 0 radical (unpaired) electrons. The molecule has 2 aromatic heterocycles. The summed E-state index contributed by atoms with van der Waals surface area (Å²) in [6.07, 6.45) is 5.87. The lowest BCUT2D eigenvalue weighted by Gasteiger charge is -2.27. The van der Waals surface area contributed by atoms with E-state index in [0.717, 1.165) is 42.5 Å². The summed E-state index contributed by atoms with van der Waals surface area (Å²) in [7, 11) is 0. The van der Waals surface area contributed by atoms with Gasteiger partial charge in [0.25, 0.3) is 5.91 Å². The Kier molecular flexibility index (Phi) is 4.02. The van der Waals surface area contributed by atoms with Crippen LogP contribution in [0, 0.1) is 5.92 Å². The topological polar surface area (TPSA) is 83.8 Å². The van der Waals surface area contributed by atoms with Crippen molar-refractivity contribution < 1.29 is 9.32 Å². The van der Waals surface area contributed by atoms with Crippen LogP contribution in [0.25, 0.3) is 11.0 Å². The van der Waals surface area contributed by atoms with E-state index in [2.05, 4.69) is 21.5 Å². The molecule has 0 aliphatic heterocycles. The van der Waals surface area contributed by atoms with Crippen LogP contribution in [0.5, 0.6) is 0 Å². The number of nitrogens with zero attached hydrogens (tertiary/aromatic N) is 2. The van der Waals surface area contributed by atoms with Gasteiger partial charge in [0.1, 0.15) is 5.82 Å². The van der Waals surface area contributed by atoms with Crippen molar-refractivity contribution in [3.63, 3.8) is 0 Å². The molecule has 6 heteroatoms. The predicted molar refractivity (Wildman–Crippen MR) is 89.6 cm³/mol. The van der Waals surface area contributed by atoms with E-state index < -0.39 is 0 Å². The van der Waals surface area contributed by atoms with E-state index >= 15 is 0 Å². The lowest BCUT2D eigenvalue weighted by Crippen LogP contribution is -2.31. The highest BCUT2D eigenvalue weighted by Gasteiger charge is 2.25. The third-order valence-corrected chi connectivity index (χ3v) is 4.85. The van der Waals surface area contributed by atoms with Gasteiger partial charge in [-0.1, -0.05) is 17.3 Å². The maximum absolute atomic E-state index is 11.9. The van der Waals surface area contributed by atoms with Crippen LogP contribution in [0.1, 0.15) is 48.0 Å². The Balaban J connectivity index is 1.31. The van der Waals surface area contributed by atoms with E-state index in [1.165, 1.54) is 6.20 Å². The average Bonchev–Trinajstić information content (AvgIpc) is 3.29. The van der Waals surface area contributed by atoms with Crippen LogP contribution in [0.4, 0.5) is 0 Å². The molecule has 0 spiro atoms. The third kappa shape index (κ3) is 3.04. The molecular weight excluding hydrogens is 304 g/mol. The van der Waals surface area contributed by atoms with Gasteiger partial charge >= 0.3 is 0 Å². The number of H-pyrrole nitrogens is 1. The SMILES string of the molecule is O=C(NCC1CCC(c2nc3ccccc3[nH]2)CC1)c1ccno1. The van der Waals surface area contributed by atoms with Gasteiger partial charge in [0.05, 0.1) is 17.2 Å². The van der Waals surface area contributed by atoms with Crippen molar-refractivity contribution in [1.29, 1.82) is 0 Å². The number of aromatic nitrogens is 3. The summed E-state index contributed by atoms with van der Waals surface area (Å²) in [5.41, 5.74) is 2.14. The monoisotopic (exact) mass is 324 g/mol. The number of imidazole rings is 1. The Morgan fingerprint density at radius 1 is 1.21 bits per heavy atom. The zero-order valence-electron chi connectivity index (χ0n) is 13.4. The standard InChI is InChI=1S/C18H20N4O2/c23-18(16-9-10-20-24-16)19-11-12-5-7-13(8-6-12)17-21-14-3-1-2-4-15(14)22-17/h1-4,9-10,12-13H,5-8,11H2,(H,19,23)(H,21,22). The molecule has 1 fully saturated rings. The summed E-state index contributed by atoms with van der Waals surface area (Å²) in [5.74, 6) is 2.18. The zero-order chi connectivity index (χ0) is 16.4. The molecule has 2 heterocycles. The molecule has 1 saturated carbocycles. The Morgan fingerprint density at radius 2 is 2.04 bits per heavy atom. The Bertz CT molecular complexity index is 784. The molecule has 3 aromatic rings. The van der Waals surface area contributed by atoms with Crippen LogP contribution in [-0.4, -0.2) is 27.6 Å². The first-order valence-electron chi connectivity index (χ1n) is 8.43. The second-order valence-electron chi connectivity index (χ2n) is 6.44. The largest absolute Gasteiger partial charge is 0.351 e. The van der Waals surface area contributed by atoms with Crippen LogP contribution in [-0.2, 0) is 0 Å². The van der Waals surface area contributed by atoms with Crippen molar-refractivity contribution in [3.05, 3.63) is 48.1 Å². The van der Waals surface area contributed by atoms with E-state index in [4.69, 9.17) is 9.51 Å². The Hall–Kier alpha value is -2.63. The number of nitrogens with one attached hydrogen (secondary N) is 2. The molecule has 1 amide bonds. The zero-order valence-corrected chi connectivity index (χ0v) is 13.4. The number of aromatic amines is 1. The number of rotatable bonds is 4. The van der Waals surface area contributed by atoms with Gasteiger partial charge in [0.15, 0.2) is 0 Å². The number of para-hydroxylation sites is 2. The number of hydrogen-bond acceptors (Lipinski definition) is 4. The van der Waals surface area contributed by atoms with E-state index in [9.17, 15) is 4.79 Å². The molecule has 2 N–H and O–H groups in total. The molecule has 1 aromatic carbocycles. The Labute approximate surface area is 139 Å². The summed E-state index contributed by atoms with van der Waals surface area (Å²) in [5, 5.41) is 6.49. The summed E-state index contributed by atoms with van der Waals surface area (Å²) in [6.45, 7) is 0.687. The number of benzene rings is 1. The molecule has 24 heavy (non-hydrogen) atoms. The van der Waals surface area contributed by atoms with Crippen molar-refractivity contribution in [2.45, 2.75) is 31.6 Å². The molecule has 1 aliphatic rings. The lowest BCUT2D eigenvalue weighted by atomic mass is 9.81. The molecule has 4 rings (SSSR count). The summed E-state index contributed by atoms with van der Waals surface area (Å²) in [4.78, 5) is 20.0. The van der Waals surface area contributed by atoms with E-state index in [1.54, 1.807) is 6.07 Å². The van der Waals surface area contributed by atoms with Gasteiger partial charge in [-0.2, -0.15) is 0 Å². The van der Waals surface area contributed by atoms with Gasteiger partial charge in [-0.15, -0.1) is 0 Å². The molecule has 1 aliphatic carbocycles. The van der Waals surface area contributed by atoms with Gasteiger partial charge in [0.2, 0.25) is 5.76 Å². The van der Waals surface area contributed by atoms with Crippen LogP contribution >= 0.6 is 0 Å². The molecule has 6 nitrogen and oxygen atoms in total. The fourth-order valence-electron chi connectivity index (χ4n) is 3.46. The van der Waals surface area contributed by atoms with Gasteiger partial charge < -0.3 is 14.8 Å². The maximum atomic E-state index is 11.9. The first kappa shape index (κ1) is 14.9. The minimum Gasteiger partial charge on any atom is -0.351 e. The highest BCUT2D eigenvalue weighted by Crippen LogP contribution is 2.35. The van der Waals surface area contributed by atoms with Crippen molar-refractivity contribution >= 4 is 16.9 Å². The summed E-state index contributed by atoms with van der Waals surface area (Å²) >= 11 is 0. The fourth-order valence-corrected chi connectivity index (χ4v) is 3.46. The van der Waals surface area contributed by atoms with Crippen LogP contribution in [0.3, 0.4) is 0 Å². The average molecular weight is 324 g/mol. The van der Waals surface area contributed by atoms with Gasteiger partial charge in [-0.3, -0.25) is 4.79 Å². The van der Waals surface area contributed by atoms with Crippen molar-refractivity contribution in [3.8, 4) is 0 Å². The highest BCUT2D eigenvalue weighted by molar-refractivity contribution is 5.91. The van der Waals surface area contributed by atoms with Gasteiger partial charge in [-0.05, 0) is 43.7 Å². The number of fused-ring (bicyclic) bond motifs is 1. The van der Waals surface area contributed by atoms with Gasteiger partial charge in [-0.25, -0.2) is 4.98 Å². The molecule has 0 saturated heterocycles. The summed E-state index contributed by atoms with van der Waals surface area (Å²) < 4.78 is 4.86. The first-order valence-corrected chi connectivity index (χ1v) is 8.43. The van der Waals surface area contributed by atoms with Crippen molar-refractivity contribution in [1.82, 2.24) is 20.4 Å². The third-order valence-electron chi connectivity index (χ3n) is 4.85. The van der Waals surface area contributed by atoms with E-state index in [-0.39, 0.29) is 11.7 Å². The van der Waals surface area contributed by atoms with Crippen molar-refractivity contribution in [2.75, 3.05) is 6.54 Å². The lowest BCUT2D eigenvalue weighted by molar-refractivity contribution is 0.0905. The number of hydrogen-bond donors (Lipinski definition) is 2. The molecule has 0 bridgehead atoms. The smallest absolute Gasteiger partial charge is 0.289 e. The minimum atomic E-state index is -0.188. The van der Waals surface area contributed by atoms with Gasteiger partial charge in [0, 0.05) is 18.5 Å². The number of carbonyl (C=O) groups is 1. The van der Waals surface area contributed by atoms with E-state index in [1.807, 2.05) is 18.2 Å². The molecular formula is C18H20N4O2.